The Morgan fingerprint density at radius 2 is 1.27 bits per heavy atom. The van der Waals surface area contributed by atoms with Crippen LogP contribution in [0.1, 0.15) is 78.6 Å². The fourth-order valence-electron chi connectivity index (χ4n) is 3.14. The zero-order valence-electron chi connectivity index (χ0n) is 15.1. The second-order valence-electron chi connectivity index (χ2n) is 6.52. The van der Waals surface area contributed by atoms with Crippen molar-refractivity contribution in [3.05, 3.63) is 0 Å². The molecule has 0 amide bonds. The van der Waals surface area contributed by atoms with Crippen LogP contribution >= 0.6 is 11.6 Å². The molecule has 1 atom stereocenters. The maximum absolute atomic E-state index is 9.85. The molecule has 0 aromatic heterocycles. The molecule has 0 bridgehead atoms. The monoisotopic (exact) mass is 355 g/mol. The number of aliphatic hydroxyl groups excluding tert-OH is 1. The summed E-state index contributed by atoms with van der Waals surface area (Å²) in [4.78, 5) is 0. The summed E-state index contributed by atoms with van der Waals surface area (Å²) in [5.41, 5.74) is 0. The van der Waals surface area contributed by atoms with Crippen LogP contribution in [0.2, 0.25) is 0 Å². The molecule has 0 radical (unpaired) electrons. The third-order valence-corrected chi connectivity index (χ3v) is 5.21. The Kier molecular flexibility index (Phi) is 18.4. The van der Waals surface area contributed by atoms with Gasteiger partial charge in [0.05, 0.1) is 25.5 Å². The molecule has 0 fully saturated rings. The highest BCUT2D eigenvalue weighted by Crippen LogP contribution is 2.14. The normalized spacial score (nSPS) is 13.0. The summed E-state index contributed by atoms with van der Waals surface area (Å²) < 4.78 is 1.02. The number of halogens is 2. The van der Waals surface area contributed by atoms with Crippen molar-refractivity contribution in [3.8, 4) is 0 Å². The topological polar surface area (TPSA) is 20.2 Å². The van der Waals surface area contributed by atoms with Crippen molar-refractivity contribution in [2.75, 3.05) is 32.1 Å². The van der Waals surface area contributed by atoms with Crippen LogP contribution in [0.3, 0.4) is 0 Å². The van der Waals surface area contributed by atoms with Gasteiger partial charge in [-0.25, -0.2) is 0 Å². The van der Waals surface area contributed by atoms with E-state index in [-0.39, 0.29) is 18.5 Å². The van der Waals surface area contributed by atoms with E-state index < -0.39 is 0 Å². The van der Waals surface area contributed by atoms with E-state index in [1.165, 1.54) is 64.3 Å². The third-order valence-electron chi connectivity index (χ3n) is 4.85. The Bertz CT molecular complexity index is 223. The summed E-state index contributed by atoms with van der Waals surface area (Å²) in [5.74, 6) is 0.359. The molecule has 1 unspecified atom stereocenters. The van der Waals surface area contributed by atoms with Crippen molar-refractivity contribution in [3.63, 3.8) is 0 Å². The van der Waals surface area contributed by atoms with Gasteiger partial charge in [0.1, 0.15) is 12.6 Å². The van der Waals surface area contributed by atoms with Gasteiger partial charge in [-0.1, -0.05) is 51.9 Å². The number of rotatable bonds is 15. The minimum absolute atomic E-state index is 0. The number of aliphatic hydroxyl groups is 1. The van der Waals surface area contributed by atoms with Crippen LogP contribution in [-0.4, -0.2) is 47.8 Å². The van der Waals surface area contributed by atoms with Crippen LogP contribution in [0.15, 0.2) is 0 Å². The van der Waals surface area contributed by atoms with Gasteiger partial charge in [-0.05, 0) is 26.7 Å². The van der Waals surface area contributed by atoms with Crippen LogP contribution in [0.4, 0.5) is 0 Å². The summed E-state index contributed by atoms with van der Waals surface area (Å²) >= 11 is 5.77. The molecule has 136 valence electrons. The number of quaternary nitrogens is 1. The van der Waals surface area contributed by atoms with Crippen LogP contribution in [0.5, 0.6) is 0 Å². The predicted molar refractivity (Wildman–Crippen MR) is 95.0 cm³/mol. The standard InChI is InChI=1S/C18H39ClNO.ClH/c1-4-7-8-9-10-11-12-13-14-15-20(5-2,6-3)17-18(21)16-19;/h18,21H,4-17H2,1-3H3;1H/q+1;/p-1. The van der Waals surface area contributed by atoms with Crippen molar-refractivity contribution in [2.45, 2.75) is 84.7 Å². The maximum Gasteiger partial charge on any atom is 0.116 e. The van der Waals surface area contributed by atoms with E-state index in [0.29, 0.717) is 5.88 Å². The minimum atomic E-state index is -0.356. The first kappa shape index (κ1) is 24.7. The molecule has 0 saturated carbocycles. The molecule has 4 heteroatoms. The number of nitrogens with zero attached hydrogens (tertiary/aromatic N) is 1. The molecule has 1 N–H and O–H groups in total. The summed E-state index contributed by atoms with van der Waals surface area (Å²) in [7, 11) is 0. The van der Waals surface area contributed by atoms with Gasteiger partial charge in [-0.15, -0.1) is 11.6 Å². The van der Waals surface area contributed by atoms with E-state index in [9.17, 15) is 5.11 Å². The van der Waals surface area contributed by atoms with Gasteiger partial charge in [0.2, 0.25) is 0 Å². The van der Waals surface area contributed by atoms with E-state index in [1.807, 2.05) is 0 Å². The fraction of sp³-hybridized carbons (Fsp3) is 1.00. The lowest BCUT2D eigenvalue weighted by Crippen LogP contribution is -3.00. The van der Waals surface area contributed by atoms with Gasteiger partial charge >= 0.3 is 0 Å². The molecule has 0 saturated heterocycles. The zero-order valence-corrected chi connectivity index (χ0v) is 16.6. The highest BCUT2D eigenvalue weighted by Gasteiger charge is 2.25. The summed E-state index contributed by atoms with van der Waals surface area (Å²) in [6.07, 6.45) is 12.0. The number of likely N-dealkylation sites (N-methyl/N-ethyl adjacent to an activating group) is 1. The van der Waals surface area contributed by atoms with Crippen LogP contribution in [0, 0.1) is 0 Å². The second kappa shape index (κ2) is 16.4. The average Bonchev–Trinajstić information content (AvgIpc) is 2.52. The van der Waals surface area contributed by atoms with Crippen molar-refractivity contribution < 1.29 is 22.0 Å². The highest BCUT2D eigenvalue weighted by molar-refractivity contribution is 6.18. The van der Waals surface area contributed by atoms with E-state index in [1.54, 1.807) is 0 Å². The summed E-state index contributed by atoms with van der Waals surface area (Å²) in [5, 5.41) is 9.85. The maximum atomic E-state index is 9.85. The molecule has 0 aromatic carbocycles. The van der Waals surface area contributed by atoms with Crippen LogP contribution in [0.25, 0.3) is 0 Å². The van der Waals surface area contributed by atoms with Gasteiger partial charge < -0.3 is 22.0 Å². The smallest absolute Gasteiger partial charge is 0.116 e. The molecular formula is C18H39Cl2NO. The lowest BCUT2D eigenvalue weighted by Gasteiger charge is -2.38. The van der Waals surface area contributed by atoms with Crippen molar-refractivity contribution in [1.82, 2.24) is 0 Å². The third kappa shape index (κ3) is 12.0. The quantitative estimate of drug-likeness (QED) is 0.270. The Balaban J connectivity index is 0. The largest absolute Gasteiger partial charge is 1.00 e. The van der Waals surface area contributed by atoms with E-state index in [2.05, 4.69) is 20.8 Å². The number of hydrogen-bond acceptors (Lipinski definition) is 1. The molecule has 0 aliphatic heterocycles. The predicted octanol–water partition coefficient (Wildman–Crippen LogP) is 1.98. The number of unbranched alkanes of at least 4 members (excludes halogenated alkanes) is 8. The van der Waals surface area contributed by atoms with Crippen LogP contribution in [-0.2, 0) is 0 Å². The first-order valence-corrected chi connectivity index (χ1v) is 9.76. The molecule has 2 nitrogen and oxygen atoms in total. The fourth-order valence-corrected chi connectivity index (χ4v) is 3.24. The van der Waals surface area contributed by atoms with Crippen LogP contribution < -0.4 is 12.4 Å². The zero-order chi connectivity index (χ0) is 16.0. The van der Waals surface area contributed by atoms with Crippen molar-refractivity contribution in [1.29, 1.82) is 0 Å². The minimum Gasteiger partial charge on any atom is -1.00 e. The first-order valence-electron chi connectivity index (χ1n) is 9.23. The lowest BCUT2D eigenvalue weighted by molar-refractivity contribution is -0.927. The molecule has 0 spiro atoms. The molecule has 22 heavy (non-hydrogen) atoms. The van der Waals surface area contributed by atoms with Crippen molar-refractivity contribution in [2.24, 2.45) is 0 Å². The lowest BCUT2D eigenvalue weighted by atomic mass is 10.1. The summed E-state index contributed by atoms with van der Waals surface area (Å²) in [6, 6.07) is 0. The van der Waals surface area contributed by atoms with E-state index in [4.69, 9.17) is 11.6 Å². The Hall–Kier alpha value is 0.500. The molecule has 0 aromatic rings. The van der Waals surface area contributed by atoms with Gasteiger partial charge in [0, 0.05) is 0 Å². The SMILES string of the molecule is CCCCCCCCCCC[N+](CC)(CC)CC(O)CCl.[Cl-]. The first-order chi connectivity index (χ1) is 10.1. The van der Waals surface area contributed by atoms with Gasteiger partial charge in [0.15, 0.2) is 0 Å². The Morgan fingerprint density at radius 3 is 1.68 bits per heavy atom. The Labute approximate surface area is 150 Å². The van der Waals surface area contributed by atoms with Gasteiger partial charge in [-0.3, -0.25) is 0 Å². The molecule has 0 heterocycles. The number of hydrogen-bond donors (Lipinski definition) is 1. The van der Waals surface area contributed by atoms with E-state index >= 15 is 0 Å². The van der Waals surface area contributed by atoms with Crippen molar-refractivity contribution >= 4 is 11.6 Å². The average molecular weight is 356 g/mol. The molecule has 0 aliphatic carbocycles. The van der Waals surface area contributed by atoms with Gasteiger partial charge in [-0.2, -0.15) is 0 Å². The van der Waals surface area contributed by atoms with E-state index in [0.717, 1.165) is 24.1 Å². The number of alkyl halides is 1. The highest BCUT2D eigenvalue weighted by atomic mass is 35.5. The molecule has 0 aliphatic rings. The Morgan fingerprint density at radius 1 is 0.818 bits per heavy atom. The van der Waals surface area contributed by atoms with Gasteiger partial charge in [0.25, 0.3) is 0 Å². The molecule has 0 rings (SSSR count). The molecular weight excluding hydrogens is 317 g/mol. The summed E-state index contributed by atoms with van der Waals surface area (Å²) in [6.45, 7) is 10.9. The second-order valence-corrected chi connectivity index (χ2v) is 6.83.